The molecule has 0 aliphatic heterocycles. The molecule has 0 bridgehead atoms. The molecular weight excluding hydrogens is 359 g/mol. The van der Waals surface area contributed by atoms with Crippen molar-refractivity contribution in [2.75, 3.05) is 7.05 Å². The van der Waals surface area contributed by atoms with Crippen molar-refractivity contribution in [3.05, 3.63) is 69.7 Å². The van der Waals surface area contributed by atoms with Crippen LogP contribution in [-0.4, -0.2) is 29.8 Å². The highest BCUT2D eigenvalue weighted by Gasteiger charge is 2.26. The molecule has 1 atom stereocenters. The lowest BCUT2D eigenvalue weighted by Gasteiger charge is -2.29. The first-order valence-electron chi connectivity index (χ1n) is 7.91. The zero-order valence-electron chi connectivity index (χ0n) is 14.1. The monoisotopic (exact) mass is 378 g/mol. The number of benzene rings is 2. The minimum atomic E-state index is -0.618. The molecular formula is C19H20Cl2N2O2. The molecule has 4 nitrogen and oxygen atoms in total. The molecule has 0 heterocycles. The predicted molar refractivity (Wildman–Crippen MR) is 101 cm³/mol. The van der Waals surface area contributed by atoms with Gasteiger partial charge in [0.15, 0.2) is 0 Å². The van der Waals surface area contributed by atoms with Crippen LogP contribution in [-0.2, 0) is 22.6 Å². The number of nitrogens with zero attached hydrogens (tertiary/aromatic N) is 1. The Morgan fingerprint density at radius 1 is 1.12 bits per heavy atom. The Morgan fingerprint density at radius 2 is 1.80 bits per heavy atom. The van der Waals surface area contributed by atoms with Crippen molar-refractivity contribution < 1.29 is 9.59 Å². The largest absolute Gasteiger partial charge is 0.357 e. The normalized spacial score (nSPS) is 11.7. The fourth-order valence-corrected chi connectivity index (χ4v) is 2.97. The number of amides is 2. The van der Waals surface area contributed by atoms with Crippen LogP contribution >= 0.6 is 23.2 Å². The van der Waals surface area contributed by atoms with Crippen LogP contribution in [0.3, 0.4) is 0 Å². The van der Waals surface area contributed by atoms with Gasteiger partial charge in [-0.2, -0.15) is 0 Å². The van der Waals surface area contributed by atoms with Gasteiger partial charge in [0.05, 0.1) is 6.42 Å². The zero-order chi connectivity index (χ0) is 18.4. The van der Waals surface area contributed by atoms with Gasteiger partial charge >= 0.3 is 0 Å². The number of hydrogen-bond donors (Lipinski definition) is 1. The third kappa shape index (κ3) is 5.21. The van der Waals surface area contributed by atoms with E-state index in [1.54, 1.807) is 32.2 Å². The van der Waals surface area contributed by atoms with E-state index in [9.17, 15) is 9.59 Å². The number of carbonyl (C=O) groups is 2. The van der Waals surface area contributed by atoms with Crippen LogP contribution in [0.2, 0.25) is 10.0 Å². The molecule has 0 saturated heterocycles. The maximum Gasteiger partial charge on any atom is 0.242 e. The summed E-state index contributed by atoms with van der Waals surface area (Å²) in [5.74, 6) is -0.375. The Bertz CT molecular complexity index is 750. The van der Waals surface area contributed by atoms with E-state index in [-0.39, 0.29) is 24.8 Å². The quantitative estimate of drug-likeness (QED) is 0.832. The Morgan fingerprint density at radius 3 is 2.40 bits per heavy atom. The topological polar surface area (TPSA) is 49.4 Å². The maximum atomic E-state index is 12.8. The SMILES string of the molecule is CNC(=O)C(C)N(Cc1ccc(Cl)cc1Cl)C(=O)Cc1ccccc1. The van der Waals surface area contributed by atoms with Gasteiger partial charge in [0.2, 0.25) is 11.8 Å². The Hall–Kier alpha value is -2.04. The lowest BCUT2D eigenvalue weighted by atomic mass is 10.1. The van der Waals surface area contributed by atoms with Crippen LogP contribution in [0.1, 0.15) is 18.1 Å². The molecule has 0 aromatic heterocycles. The molecule has 0 radical (unpaired) electrons. The van der Waals surface area contributed by atoms with Crippen LogP contribution in [0.5, 0.6) is 0 Å². The van der Waals surface area contributed by atoms with E-state index in [4.69, 9.17) is 23.2 Å². The van der Waals surface area contributed by atoms with E-state index >= 15 is 0 Å². The summed E-state index contributed by atoms with van der Waals surface area (Å²) in [7, 11) is 1.55. The third-order valence-electron chi connectivity index (χ3n) is 3.97. The van der Waals surface area contributed by atoms with Crippen LogP contribution in [0, 0.1) is 0 Å². The number of hydrogen-bond acceptors (Lipinski definition) is 2. The van der Waals surface area contributed by atoms with Crippen molar-refractivity contribution in [1.29, 1.82) is 0 Å². The van der Waals surface area contributed by atoms with Crippen molar-refractivity contribution in [1.82, 2.24) is 10.2 Å². The second kappa shape index (κ2) is 8.88. The first-order valence-corrected chi connectivity index (χ1v) is 8.67. The Kier molecular flexibility index (Phi) is 6.85. The van der Waals surface area contributed by atoms with Crippen LogP contribution in [0.15, 0.2) is 48.5 Å². The smallest absolute Gasteiger partial charge is 0.242 e. The van der Waals surface area contributed by atoms with Crippen molar-refractivity contribution in [2.45, 2.75) is 25.9 Å². The van der Waals surface area contributed by atoms with Crippen molar-refractivity contribution in [2.24, 2.45) is 0 Å². The fraction of sp³-hybridized carbons (Fsp3) is 0.263. The second-order valence-electron chi connectivity index (χ2n) is 5.71. The fourth-order valence-electron chi connectivity index (χ4n) is 2.50. The molecule has 0 fully saturated rings. The summed E-state index contributed by atoms with van der Waals surface area (Å²) in [6.45, 7) is 1.93. The van der Waals surface area contributed by atoms with Crippen LogP contribution < -0.4 is 5.32 Å². The van der Waals surface area contributed by atoms with E-state index in [0.717, 1.165) is 11.1 Å². The first kappa shape index (κ1) is 19.3. The highest BCUT2D eigenvalue weighted by atomic mass is 35.5. The highest BCUT2D eigenvalue weighted by Crippen LogP contribution is 2.23. The van der Waals surface area contributed by atoms with E-state index in [2.05, 4.69) is 5.32 Å². The number of carbonyl (C=O) groups excluding carboxylic acids is 2. The molecule has 1 unspecified atom stereocenters. The lowest BCUT2D eigenvalue weighted by molar-refractivity contribution is -0.139. The minimum Gasteiger partial charge on any atom is -0.357 e. The van der Waals surface area contributed by atoms with E-state index in [0.29, 0.717) is 10.0 Å². The summed E-state index contributed by atoms with van der Waals surface area (Å²) in [6, 6.07) is 13.9. The van der Waals surface area contributed by atoms with Gasteiger partial charge in [-0.1, -0.05) is 59.6 Å². The maximum absolute atomic E-state index is 12.8. The summed E-state index contributed by atoms with van der Waals surface area (Å²) in [6.07, 6.45) is 0.216. The van der Waals surface area contributed by atoms with Crippen molar-refractivity contribution >= 4 is 35.0 Å². The summed E-state index contributed by atoms with van der Waals surface area (Å²) in [5.41, 5.74) is 1.63. The van der Waals surface area contributed by atoms with Gasteiger partial charge in [-0.05, 0) is 30.2 Å². The van der Waals surface area contributed by atoms with Gasteiger partial charge in [-0.3, -0.25) is 9.59 Å². The summed E-state index contributed by atoms with van der Waals surface area (Å²) >= 11 is 12.2. The summed E-state index contributed by atoms with van der Waals surface area (Å²) < 4.78 is 0. The van der Waals surface area contributed by atoms with Gasteiger partial charge < -0.3 is 10.2 Å². The van der Waals surface area contributed by atoms with Crippen LogP contribution in [0.25, 0.3) is 0 Å². The number of halogens is 2. The number of nitrogens with one attached hydrogen (secondary N) is 1. The standard InChI is InChI=1S/C19H20Cl2N2O2/c1-13(19(25)22-2)23(12-15-8-9-16(20)11-17(15)21)18(24)10-14-6-4-3-5-7-14/h3-9,11,13H,10,12H2,1-2H3,(H,22,25). The average Bonchev–Trinajstić information content (AvgIpc) is 2.60. The van der Waals surface area contributed by atoms with Crippen molar-refractivity contribution in [3.8, 4) is 0 Å². The van der Waals surface area contributed by atoms with E-state index in [1.807, 2.05) is 30.3 Å². The zero-order valence-corrected chi connectivity index (χ0v) is 15.6. The molecule has 2 aromatic rings. The molecule has 0 spiro atoms. The first-order chi connectivity index (χ1) is 11.9. The van der Waals surface area contributed by atoms with Gasteiger partial charge in [0.1, 0.15) is 6.04 Å². The molecule has 1 N–H and O–H groups in total. The molecule has 6 heteroatoms. The van der Waals surface area contributed by atoms with Gasteiger partial charge in [-0.25, -0.2) is 0 Å². The Labute approximate surface area is 157 Å². The van der Waals surface area contributed by atoms with E-state index in [1.165, 1.54) is 4.90 Å². The molecule has 0 saturated carbocycles. The van der Waals surface area contributed by atoms with Crippen LogP contribution in [0.4, 0.5) is 0 Å². The second-order valence-corrected chi connectivity index (χ2v) is 6.55. The third-order valence-corrected chi connectivity index (χ3v) is 4.55. The minimum absolute atomic E-state index is 0.145. The van der Waals surface area contributed by atoms with Gasteiger partial charge in [0.25, 0.3) is 0 Å². The van der Waals surface area contributed by atoms with Gasteiger partial charge in [0, 0.05) is 23.6 Å². The molecule has 0 aliphatic carbocycles. The molecule has 132 valence electrons. The predicted octanol–water partition coefficient (Wildman–Crippen LogP) is 3.70. The highest BCUT2D eigenvalue weighted by molar-refractivity contribution is 6.35. The Balaban J connectivity index is 2.25. The number of rotatable bonds is 6. The molecule has 2 rings (SSSR count). The molecule has 2 aromatic carbocycles. The molecule has 2 amide bonds. The number of likely N-dealkylation sites (N-methyl/N-ethyl adjacent to an activating group) is 1. The lowest BCUT2D eigenvalue weighted by Crippen LogP contribution is -2.47. The van der Waals surface area contributed by atoms with Crippen molar-refractivity contribution in [3.63, 3.8) is 0 Å². The average molecular weight is 379 g/mol. The van der Waals surface area contributed by atoms with E-state index < -0.39 is 6.04 Å². The van der Waals surface area contributed by atoms with Gasteiger partial charge in [-0.15, -0.1) is 0 Å². The molecule has 0 aliphatic rings. The molecule has 25 heavy (non-hydrogen) atoms. The summed E-state index contributed by atoms with van der Waals surface area (Å²) in [5, 5.41) is 3.58. The summed E-state index contributed by atoms with van der Waals surface area (Å²) in [4.78, 5) is 26.4.